The molecule has 0 radical (unpaired) electrons. The van der Waals surface area contributed by atoms with Gasteiger partial charge in [0.2, 0.25) is 0 Å². The number of anilines is 6. The second-order valence-corrected chi connectivity index (χ2v) is 21.8. The minimum absolute atomic E-state index is 0.158. The van der Waals surface area contributed by atoms with E-state index in [0.717, 1.165) is 113 Å². The number of ether oxygens (including phenoxy) is 4. The highest BCUT2D eigenvalue weighted by molar-refractivity contribution is 7.02. The maximum absolute atomic E-state index is 7.36. The fourth-order valence-corrected chi connectivity index (χ4v) is 14.8. The zero-order chi connectivity index (χ0) is 47.3. The third-order valence-electron chi connectivity index (χ3n) is 17.6. The molecule has 6 nitrogen and oxygen atoms in total. The number of benzene rings is 10. The first-order valence-electron chi connectivity index (χ1n) is 25.2. The van der Waals surface area contributed by atoms with Crippen molar-refractivity contribution in [3.05, 3.63) is 192 Å². The molecule has 6 aliphatic heterocycles. The Morgan fingerprint density at radius 1 is 0.347 bits per heavy atom. The van der Waals surface area contributed by atoms with E-state index in [4.69, 9.17) is 18.9 Å². The first kappa shape index (κ1) is 38.2. The van der Waals surface area contributed by atoms with Crippen molar-refractivity contribution in [1.82, 2.24) is 0 Å². The Labute approximate surface area is 416 Å². The van der Waals surface area contributed by atoms with Crippen LogP contribution in [-0.4, -0.2) is 13.4 Å². The Morgan fingerprint density at radius 2 is 0.736 bits per heavy atom. The van der Waals surface area contributed by atoms with E-state index in [0.29, 0.717) is 0 Å². The van der Waals surface area contributed by atoms with Crippen LogP contribution in [0, 0.1) is 0 Å². The number of rotatable bonds is 2. The molecule has 0 atom stereocenters. The summed E-state index contributed by atoms with van der Waals surface area (Å²) in [6.45, 7) is 9.10. The largest absolute Gasteiger partial charge is 0.458 e. The molecule has 10 aromatic rings. The molecule has 0 N–H and O–H groups in total. The summed E-state index contributed by atoms with van der Waals surface area (Å²) in [4.78, 5) is 5.01. The lowest BCUT2D eigenvalue weighted by atomic mass is 9.32. The van der Waals surface area contributed by atoms with Gasteiger partial charge in [-0.15, -0.1) is 0 Å². The standard InChI is InChI=1S/C64H40B2N2O4/c1-63(2)41-23-13-11-21-35(41)37-29-43-53-61(51(37)63)71-47-27-15-25-45-55(47)65(53)57-49(69-45)31-40-39(59(57)67(43)33-17-7-5-8-18-33)32-50-58-60(40)68(34-19-9-6-10-20-34)44-30-38-36-22-12-14-24-42(36)64(3,4)52(38)62-54(44)66(58)56-46(70-50)26-16-28-48(56)72-62/h5-32H,1-4H3. The van der Waals surface area contributed by atoms with Gasteiger partial charge in [0.15, 0.2) is 0 Å². The van der Waals surface area contributed by atoms with Crippen LogP contribution in [0.2, 0.25) is 0 Å². The van der Waals surface area contributed by atoms with Crippen LogP contribution in [0.4, 0.5) is 34.1 Å². The second-order valence-electron chi connectivity index (χ2n) is 21.8. The normalized spacial score (nSPS) is 16.3. The van der Waals surface area contributed by atoms with E-state index in [9.17, 15) is 0 Å². The van der Waals surface area contributed by atoms with Crippen LogP contribution in [-0.2, 0) is 10.8 Å². The Kier molecular flexibility index (Phi) is 6.61. The molecule has 336 valence electrons. The van der Waals surface area contributed by atoms with Gasteiger partial charge in [-0.1, -0.05) is 125 Å². The molecule has 0 unspecified atom stereocenters. The van der Waals surface area contributed by atoms with Crippen LogP contribution >= 0.6 is 0 Å². The molecule has 2 aliphatic carbocycles. The molecule has 0 amide bonds. The molecule has 0 saturated carbocycles. The highest BCUT2D eigenvalue weighted by Gasteiger charge is 2.55. The zero-order valence-electron chi connectivity index (χ0n) is 39.8. The SMILES string of the molecule is CC1(C)c2ccccc2-c2cc3c4c(c21)Oc1cccc2c1B4c1c(cc4c5c6c(cc4c1N3c1ccccc1)Oc1cccc3c1B6c1c(cc4c(c1O3)C(C)(C)c1ccccc1-4)N5c1ccccc1)O2. The molecular weight excluding hydrogens is 882 g/mol. The zero-order valence-corrected chi connectivity index (χ0v) is 39.8. The molecule has 6 heterocycles. The van der Waals surface area contributed by atoms with E-state index in [2.05, 4.69) is 207 Å². The van der Waals surface area contributed by atoms with Gasteiger partial charge in [0.25, 0.3) is 13.4 Å². The van der Waals surface area contributed by atoms with E-state index < -0.39 is 0 Å². The molecule has 0 spiro atoms. The minimum atomic E-state index is -0.297. The van der Waals surface area contributed by atoms with Crippen LogP contribution in [0.15, 0.2) is 170 Å². The summed E-state index contributed by atoms with van der Waals surface area (Å²) in [6, 6.07) is 61.9. The van der Waals surface area contributed by atoms with Crippen LogP contribution in [0.1, 0.15) is 49.9 Å². The summed E-state index contributed by atoms with van der Waals surface area (Å²) in [5.41, 5.74) is 22.7. The summed E-state index contributed by atoms with van der Waals surface area (Å²) in [7, 11) is 0. The summed E-state index contributed by atoms with van der Waals surface area (Å²) >= 11 is 0. The third kappa shape index (κ3) is 4.25. The maximum atomic E-state index is 7.36. The van der Waals surface area contributed by atoms with Crippen molar-refractivity contribution in [2.45, 2.75) is 38.5 Å². The fourth-order valence-electron chi connectivity index (χ4n) is 14.8. The summed E-state index contributed by atoms with van der Waals surface area (Å²) in [6.07, 6.45) is 0. The molecular formula is C64H40B2N2O4. The van der Waals surface area contributed by atoms with Crippen molar-refractivity contribution in [3.8, 4) is 68.2 Å². The van der Waals surface area contributed by atoms with Gasteiger partial charge in [-0.3, -0.25) is 0 Å². The van der Waals surface area contributed by atoms with Gasteiger partial charge in [0.1, 0.15) is 46.0 Å². The van der Waals surface area contributed by atoms with Gasteiger partial charge in [-0.05, 0) is 128 Å². The van der Waals surface area contributed by atoms with Crippen LogP contribution in [0.5, 0.6) is 46.0 Å². The van der Waals surface area contributed by atoms with Crippen LogP contribution in [0.3, 0.4) is 0 Å². The van der Waals surface area contributed by atoms with Crippen molar-refractivity contribution in [3.63, 3.8) is 0 Å². The van der Waals surface area contributed by atoms with E-state index in [1.807, 2.05) is 0 Å². The molecule has 0 saturated heterocycles. The van der Waals surface area contributed by atoms with Crippen molar-refractivity contribution < 1.29 is 18.9 Å². The van der Waals surface area contributed by atoms with Gasteiger partial charge in [0, 0.05) is 66.4 Å². The predicted molar refractivity (Wildman–Crippen MR) is 291 cm³/mol. The number of para-hydroxylation sites is 2. The lowest BCUT2D eigenvalue weighted by molar-refractivity contribution is 0.454. The second kappa shape index (κ2) is 12.5. The molecule has 10 aromatic carbocycles. The van der Waals surface area contributed by atoms with E-state index in [1.165, 1.54) is 55.4 Å². The van der Waals surface area contributed by atoms with Gasteiger partial charge in [0.05, 0.1) is 11.4 Å². The number of hydrogen-bond acceptors (Lipinski definition) is 6. The highest BCUT2D eigenvalue weighted by atomic mass is 16.5. The fraction of sp³-hybridized carbons (Fsp3) is 0.0938. The Hall–Kier alpha value is -8.61. The first-order valence-corrected chi connectivity index (χ1v) is 25.2. The van der Waals surface area contributed by atoms with E-state index >= 15 is 0 Å². The van der Waals surface area contributed by atoms with Gasteiger partial charge < -0.3 is 28.7 Å². The quantitative estimate of drug-likeness (QED) is 0.161. The van der Waals surface area contributed by atoms with Gasteiger partial charge >= 0.3 is 0 Å². The molecule has 8 heteroatoms. The molecule has 0 aromatic heterocycles. The molecule has 8 aliphatic rings. The van der Waals surface area contributed by atoms with Crippen molar-refractivity contribution in [2.75, 3.05) is 9.80 Å². The van der Waals surface area contributed by atoms with E-state index in [1.54, 1.807) is 0 Å². The maximum Gasteiger partial charge on any atom is 0.266 e. The summed E-state index contributed by atoms with van der Waals surface area (Å²) in [5.74, 6) is 6.94. The van der Waals surface area contributed by atoms with Gasteiger partial charge in [-0.25, -0.2) is 0 Å². The monoisotopic (exact) mass is 922 g/mol. The summed E-state index contributed by atoms with van der Waals surface area (Å²) < 4.78 is 29.4. The van der Waals surface area contributed by atoms with Crippen molar-refractivity contribution in [2.24, 2.45) is 0 Å². The lowest BCUT2D eigenvalue weighted by Gasteiger charge is -2.46. The number of fused-ring (bicyclic) bond motifs is 11. The average molecular weight is 923 g/mol. The molecule has 72 heavy (non-hydrogen) atoms. The minimum Gasteiger partial charge on any atom is -0.458 e. The van der Waals surface area contributed by atoms with Crippen molar-refractivity contribution >= 4 is 91.1 Å². The third-order valence-corrected chi connectivity index (χ3v) is 17.6. The lowest BCUT2D eigenvalue weighted by Crippen LogP contribution is -2.62. The molecule has 0 fully saturated rings. The number of hydrogen-bond donors (Lipinski definition) is 0. The molecule has 18 rings (SSSR count). The average Bonchev–Trinajstić information content (AvgIpc) is 3.78. The summed E-state index contributed by atoms with van der Waals surface area (Å²) in [5, 5.41) is 2.17. The highest BCUT2D eigenvalue weighted by Crippen LogP contribution is 2.61. The smallest absolute Gasteiger partial charge is 0.266 e. The number of nitrogens with zero attached hydrogens (tertiary/aromatic N) is 2. The molecule has 0 bridgehead atoms. The topological polar surface area (TPSA) is 43.4 Å². The van der Waals surface area contributed by atoms with Gasteiger partial charge in [-0.2, -0.15) is 0 Å². The van der Waals surface area contributed by atoms with E-state index in [-0.39, 0.29) is 24.3 Å². The Bertz CT molecular complexity index is 3990. The Balaban J connectivity index is 1.01. The van der Waals surface area contributed by atoms with Crippen LogP contribution in [0.25, 0.3) is 33.0 Å². The van der Waals surface area contributed by atoms with Crippen molar-refractivity contribution in [1.29, 1.82) is 0 Å². The van der Waals surface area contributed by atoms with Crippen LogP contribution < -0.4 is 61.5 Å². The predicted octanol–water partition coefficient (Wildman–Crippen LogP) is 12.5. The first-order chi connectivity index (χ1) is 35.3. The Morgan fingerprint density at radius 3 is 1.17 bits per heavy atom.